The van der Waals surface area contributed by atoms with Crippen LogP contribution in [0.3, 0.4) is 0 Å². The van der Waals surface area contributed by atoms with Gasteiger partial charge in [0.15, 0.2) is 0 Å². The summed E-state index contributed by atoms with van der Waals surface area (Å²) >= 11 is 0. The van der Waals surface area contributed by atoms with Gasteiger partial charge in [-0.2, -0.15) is 52.7 Å². The predicted octanol–water partition coefficient (Wildman–Crippen LogP) is 22.3. The number of unbranched alkanes of at least 4 members (excludes halogenated alkanes) is 1. The molecule has 0 spiro atoms. The predicted molar refractivity (Wildman–Crippen MR) is 244 cm³/mol. The van der Waals surface area contributed by atoms with Gasteiger partial charge in [0.25, 0.3) is 0 Å². The molecule has 0 radical (unpaired) electrons. The van der Waals surface area contributed by atoms with Crippen LogP contribution in [0.2, 0.25) is 0 Å². The van der Waals surface area contributed by atoms with E-state index in [-0.39, 0.29) is 23.6 Å². The van der Waals surface area contributed by atoms with Gasteiger partial charge in [-0.3, -0.25) is 0 Å². The average Bonchev–Trinajstić information content (AvgIpc) is 3.07. The molecule has 0 heterocycles. The Bertz CT molecular complexity index is 845. The topological polar surface area (TPSA) is 0 Å². The Kier molecular flexibility index (Phi) is 63.9. The number of hydrogen-bond acceptors (Lipinski definition) is 0. The summed E-state index contributed by atoms with van der Waals surface area (Å²) in [5.41, 5.74) is 0. The lowest BCUT2D eigenvalue weighted by Crippen LogP contribution is -2.15. The SMILES string of the molecule is CC.CC(C)C.CC(C)C(F)(F)F.CCC.CCCC.CC[C@H](C)CC(F)(F)F.CC[C@H](C)CC(F)(F)F.[2H]C(C)(C)C.[2H]C(C)(C)C(F)(F)F.[2H]C([2H])(C)CC.[2H]C1(C)CCCCC1. The number of halogens is 12. The molecule has 60 heavy (non-hydrogen) atoms. The lowest BCUT2D eigenvalue weighted by molar-refractivity contribution is -0.165. The van der Waals surface area contributed by atoms with Gasteiger partial charge in [0.2, 0.25) is 0 Å². The quantitative estimate of drug-likeness (QED) is 0.233. The molecular formula is C48H104F12. The van der Waals surface area contributed by atoms with Crippen LogP contribution >= 0.6 is 0 Å². The molecule has 0 saturated heterocycles. The summed E-state index contributed by atoms with van der Waals surface area (Å²) < 4.78 is 171. The third-order valence-electron chi connectivity index (χ3n) is 6.34. The minimum absolute atomic E-state index is 0.0712. The van der Waals surface area contributed by atoms with E-state index in [0.717, 1.165) is 46.5 Å². The van der Waals surface area contributed by atoms with Crippen LogP contribution in [-0.4, -0.2) is 24.7 Å². The summed E-state index contributed by atoms with van der Waals surface area (Å²) in [7, 11) is 0. The van der Waals surface area contributed by atoms with Gasteiger partial charge in [-0.1, -0.05) is 236 Å². The second-order valence-electron chi connectivity index (χ2n) is 16.0. The first-order chi connectivity index (χ1) is 28.4. The third kappa shape index (κ3) is 146. The van der Waals surface area contributed by atoms with Crippen LogP contribution in [0.1, 0.15) is 256 Å². The molecule has 0 bridgehead atoms. The number of alkyl halides is 12. The van der Waals surface area contributed by atoms with Crippen LogP contribution < -0.4 is 0 Å². The maximum Gasteiger partial charge on any atom is 0.391 e. The molecule has 1 aliphatic rings. The highest BCUT2D eigenvalue weighted by Gasteiger charge is 2.32. The Labute approximate surface area is 374 Å². The van der Waals surface area contributed by atoms with E-state index >= 15 is 0 Å². The van der Waals surface area contributed by atoms with Crippen LogP contribution in [0.5, 0.6) is 0 Å². The third-order valence-corrected chi connectivity index (χ3v) is 6.34. The first-order valence-corrected chi connectivity index (χ1v) is 22.2. The molecule has 380 valence electrons. The normalized spacial score (nSPS) is 15.6. The zero-order valence-electron chi connectivity index (χ0n) is 48.0. The van der Waals surface area contributed by atoms with E-state index in [9.17, 15) is 52.7 Å². The standard InChI is InChI=1S/C7H14.2C6H11F3.2C4H7F3.4C4H10.C3H8.C2H6/c1-7-5-3-2-4-6-7;2*1-3-5(2)4-6(7,8)9;2*1-3(2)4(5,6)7;2*1-4(2)3;2*1-3-4-2;1-3-2;1-2/h7H,2-6H2,1H3;2*5H,3-4H2,1-2H3;2*3H,1-2H3;2*4H,1-3H3;2*3-4H2,1-2H3;3H2,1-2H3;1-2H3/t;2*5-;;;;;;;;/m.00......../s1/i7D;;;3D;;4D;;3D2;;;. The van der Waals surface area contributed by atoms with Gasteiger partial charge in [0, 0.05) is 31.5 Å². The highest BCUT2D eigenvalue weighted by atomic mass is 19.4. The van der Waals surface area contributed by atoms with Crippen LogP contribution in [0.15, 0.2) is 0 Å². The van der Waals surface area contributed by atoms with Crippen molar-refractivity contribution in [1.82, 2.24) is 0 Å². The van der Waals surface area contributed by atoms with Crippen molar-refractivity contribution < 1.29 is 59.5 Å². The molecule has 0 N–H and O–H groups in total. The first-order valence-electron chi connectivity index (χ1n) is 24.7. The fourth-order valence-electron chi connectivity index (χ4n) is 2.23. The van der Waals surface area contributed by atoms with E-state index in [4.69, 9.17) is 6.85 Å². The molecule has 2 atom stereocenters. The maximum absolute atomic E-state index is 11.5. The van der Waals surface area contributed by atoms with E-state index in [2.05, 4.69) is 48.5 Å². The van der Waals surface area contributed by atoms with Gasteiger partial charge in [-0.25, -0.2) is 0 Å². The molecule has 0 aromatic heterocycles. The zero-order chi connectivity index (χ0) is 55.5. The van der Waals surface area contributed by atoms with Crippen molar-refractivity contribution in [3.8, 4) is 0 Å². The molecular weight excluding hydrogens is 805 g/mol. The Balaban J connectivity index is -0.0000000653. The first kappa shape index (κ1) is 68.2. The molecule has 0 nitrogen and oxygen atoms in total. The van der Waals surface area contributed by atoms with Crippen molar-refractivity contribution in [2.45, 2.75) is 274 Å². The summed E-state index contributed by atoms with van der Waals surface area (Å²) in [5, 5.41) is 0. The number of rotatable bonds is 6. The minimum atomic E-state index is -4.40. The lowest BCUT2D eigenvalue weighted by atomic mass is 9.91. The van der Waals surface area contributed by atoms with Gasteiger partial charge < -0.3 is 0 Å². The summed E-state index contributed by atoms with van der Waals surface area (Å²) in [6.07, 6.45) is -6.77. The van der Waals surface area contributed by atoms with Crippen molar-refractivity contribution in [1.29, 1.82) is 0 Å². The van der Waals surface area contributed by atoms with E-state index in [1.807, 2.05) is 48.5 Å². The van der Waals surface area contributed by atoms with Crippen LogP contribution in [0.25, 0.3) is 0 Å². The van der Waals surface area contributed by atoms with Gasteiger partial charge in [0.1, 0.15) is 0 Å². The lowest BCUT2D eigenvalue weighted by Gasteiger charge is -2.15. The molecule has 1 aliphatic carbocycles. The summed E-state index contributed by atoms with van der Waals surface area (Å²) in [5.74, 6) is -3.46. The second-order valence-corrected chi connectivity index (χ2v) is 16.0. The Morgan fingerprint density at radius 1 is 0.517 bits per heavy atom. The smallest absolute Gasteiger partial charge is 0.171 e. The molecule has 0 unspecified atom stereocenters. The highest BCUT2D eigenvalue weighted by molar-refractivity contribution is 4.60. The summed E-state index contributed by atoms with van der Waals surface area (Å²) in [6, 6.07) is 0. The second kappa shape index (κ2) is 56.2. The van der Waals surface area contributed by atoms with Gasteiger partial charge in [0.05, 0.1) is 0 Å². The maximum atomic E-state index is 11.5. The Morgan fingerprint density at radius 3 is 0.767 bits per heavy atom. The Hall–Kier alpha value is -0.840. The van der Waals surface area contributed by atoms with Gasteiger partial charge >= 0.3 is 24.7 Å². The van der Waals surface area contributed by atoms with Gasteiger partial charge in [-0.05, 0) is 29.5 Å². The zero-order valence-corrected chi connectivity index (χ0v) is 43.0. The largest absolute Gasteiger partial charge is 0.391 e. The molecule has 0 aliphatic heterocycles. The Morgan fingerprint density at radius 2 is 0.717 bits per heavy atom. The molecule has 0 amide bonds. The average molecular weight is 914 g/mol. The van der Waals surface area contributed by atoms with Crippen LogP contribution in [-0.2, 0) is 0 Å². The molecule has 0 aromatic rings. The van der Waals surface area contributed by atoms with E-state index < -0.39 is 55.7 Å². The molecule has 0 aromatic carbocycles. The fraction of sp³-hybridized carbons (Fsp3) is 1.00. The van der Waals surface area contributed by atoms with E-state index in [1.165, 1.54) is 38.5 Å². The molecule has 12 heteroatoms. The van der Waals surface area contributed by atoms with Crippen molar-refractivity contribution in [2.75, 3.05) is 0 Å². The van der Waals surface area contributed by atoms with Crippen LogP contribution in [0, 0.1) is 41.4 Å². The highest BCUT2D eigenvalue weighted by Crippen LogP contribution is 2.27. The van der Waals surface area contributed by atoms with Crippen LogP contribution in [0.4, 0.5) is 52.7 Å². The number of hydrogen-bond donors (Lipinski definition) is 0. The van der Waals surface area contributed by atoms with E-state index in [0.29, 0.717) is 19.3 Å². The van der Waals surface area contributed by atoms with Crippen molar-refractivity contribution in [3.63, 3.8) is 0 Å². The molecule has 1 saturated carbocycles. The molecule has 1 rings (SSSR count). The molecule has 1 fully saturated rings. The van der Waals surface area contributed by atoms with Gasteiger partial charge in [-0.15, -0.1) is 0 Å². The minimum Gasteiger partial charge on any atom is -0.171 e. The van der Waals surface area contributed by atoms with E-state index in [1.54, 1.807) is 34.6 Å². The summed E-state index contributed by atoms with van der Waals surface area (Å²) in [4.78, 5) is 0. The van der Waals surface area contributed by atoms with Crippen molar-refractivity contribution >= 4 is 0 Å². The van der Waals surface area contributed by atoms with Crippen molar-refractivity contribution in [2.24, 2.45) is 41.4 Å². The monoisotopic (exact) mass is 914 g/mol. The van der Waals surface area contributed by atoms with Crippen molar-refractivity contribution in [3.05, 3.63) is 0 Å². The summed E-state index contributed by atoms with van der Waals surface area (Å²) in [6.45, 7) is 40.7. The fourth-order valence-corrected chi connectivity index (χ4v) is 2.23.